The van der Waals surface area contributed by atoms with Crippen LogP contribution in [0.15, 0.2) is 96.8 Å². The van der Waals surface area contributed by atoms with E-state index in [1.54, 1.807) is 32.3 Å². The molecule has 4 aromatic rings. The largest absolute Gasteiger partial charge is 0.493 e. The minimum absolute atomic E-state index is 0.0182. The second-order valence-electron chi connectivity index (χ2n) is 11.2. The molecule has 0 fully saturated rings. The number of carboxylic acids is 1. The molecule has 0 amide bonds. The number of fused-ring (bicyclic) bond motifs is 3. The molecule has 6 rings (SSSR count). The molecule has 2 aliphatic rings. The van der Waals surface area contributed by atoms with Crippen LogP contribution in [0.3, 0.4) is 0 Å². The van der Waals surface area contributed by atoms with Gasteiger partial charge < -0.3 is 24.2 Å². The van der Waals surface area contributed by atoms with Crippen LogP contribution in [0.1, 0.15) is 41.5 Å². The number of thiazole rings is 1. The molecule has 8 heteroatoms. The van der Waals surface area contributed by atoms with Crippen LogP contribution in [-0.4, -0.2) is 34.8 Å². The van der Waals surface area contributed by atoms with Gasteiger partial charge in [-0.05, 0) is 56.2 Å². The highest BCUT2D eigenvalue weighted by atomic mass is 32.1. The second-order valence-corrected chi connectivity index (χ2v) is 12.4. The van der Waals surface area contributed by atoms with Gasteiger partial charge in [-0.3, -0.25) is 0 Å². The van der Waals surface area contributed by atoms with Crippen molar-refractivity contribution in [2.75, 3.05) is 12.0 Å². The van der Waals surface area contributed by atoms with Gasteiger partial charge in [-0.15, -0.1) is 11.3 Å². The number of aryl methyl sites for hydroxylation is 1. The number of rotatable bonds is 10. The molecule has 0 spiro atoms. The number of aromatic nitrogens is 1. The first-order chi connectivity index (χ1) is 20.7. The van der Waals surface area contributed by atoms with Gasteiger partial charge in [-0.1, -0.05) is 66.7 Å². The number of carboxylic acid groups (broad SMARTS) is 1. The number of allylic oxidation sites excluding steroid dienone is 2. The van der Waals surface area contributed by atoms with E-state index in [9.17, 15) is 9.90 Å². The average Bonchev–Trinajstić information content (AvgIpc) is 3.54. The van der Waals surface area contributed by atoms with Crippen molar-refractivity contribution in [3.05, 3.63) is 118 Å². The van der Waals surface area contributed by atoms with Crippen molar-refractivity contribution >= 4 is 23.0 Å². The van der Waals surface area contributed by atoms with Crippen LogP contribution in [0, 0.1) is 6.92 Å². The molecule has 0 bridgehead atoms. The Morgan fingerprint density at radius 1 is 1.05 bits per heavy atom. The molecular weight excluding hydrogens is 560 g/mol. The standard InChI is InChI=1S/C35H34N2O5S/c1-22-26(36-33(43-22)24-11-6-5-7-12-24)21-41-29-18-17-23(19-31(29)40-4)20-37-27-14-9-8-13-25(27)32-28(37)15-10-16-30(32)42-35(2,3)34(38)39/h5-19,28,32H,20-21H2,1-4H3,(H,38,39). The van der Waals surface area contributed by atoms with Crippen molar-refractivity contribution < 1.29 is 24.1 Å². The molecule has 2 unspecified atom stereocenters. The lowest BCUT2D eigenvalue weighted by atomic mass is 9.89. The summed E-state index contributed by atoms with van der Waals surface area (Å²) >= 11 is 1.67. The van der Waals surface area contributed by atoms with Crippen LogP contribution >= 0.6 is 11.3 Å². The Balaban J connectivity index is 1.21. The summed E-state index contributed by atoms with van der Waals surface area (Å²) in [4.78, 5) is 20.1. The first-order valence-corrected chi connectivity index (χ1v) is 15.0. The van der Waals surface area contributed by atoms with Crippen molar-refractivity contribution in [2.24, 2.45) is 0 Å². The molecule has 43 heavy (non-hydrogen) atoms. The summed E-state index contributed by atoms with van der Waals surface area (Å²) in [6.07, 6.45) is 5.99. The molecule has 1 aliphatic carbocycles. The maximum absolute atomic E-state index is 11.8. The predicted octanol–water partition coefficient (Wildman–Crippen LogP) is 7.51. The molecule has 2 heterocycles. The fourth-order valence-corrected chi connectivity index (χ4v) is 6.53. The van der Waals surface area contributed by atoms with E-state index >= 15 is 0 Å². The molecule has 7 nitrogen and oxygen atoms in total. The minimum Gasteiger partial charge on any atom is -0.493 e. The fourth-order valence-electron chi connectivity index (χ4n) is 5.61. The highest BCUT2D eigenvalue weighted by Gasteiger charge is 2.43. The van der Waals surface area contributed by atoms with Gasteiger partial charge in [0.25, 0.3) is 0 Å². The molecule has 2 atom stereocenters. The summed E-state index contributed by atoms with van der Waals surface area (Å²) in [5.41, 5.74) is 3.95. The Morgan fingerprint density at radius 3 is 2.58 bits per heavy atom. The van der Waals surface area contributed by atoms with E-state index in [2.05, 4.69) is 48.2 Å². The summed E-state index contributed by atoms with van der Waals surface area (Å²) in [6, 6.07) is 24.4. The van der Waals surface area contributed by atoms with Crippen LogP contribution in [-0.2, 0) is 22.7 Å². The predicted molar refractivity (Wildman–Crippen MR) is 169 cm³/mol. The summed E-state index contributed by atoms with van der Waals surface area (Å²) < 4.78 is 18.1. The van der Waals surface area contributed by atoms with Gasteiger partial charge in [0.15, 0.2) is 17.1 Å². The van der Waals surface area contributed by atoms with Gasteiger partial charge in [0.2, 0.25) is 0 Å². The first-order valence-electron chi connectivity index (χ1n) is 14.2. The van der Waals surface area contributed by atoms with Crippen molar-refractivity contribution in [3.63, 3.8) is 0 Å². The van der Waals surface area contributed by atoms with Gasteiger partial charge in [0.1, 0.15) is 17.4 Å². The first kappa shape index (κ1) is 28.6. The molecule has 0 saturated carbocycles. The maximum atomic E-state index is 11.8. The molecule has 3 aromatic carbocycles. The van der Waals surface area contributed by atoms with Crippen LogP contribution in [0.4, 0.5) is 5.69 Å². The van der Waals surface area contributed by atoms with Gasteiger partial charge in [0, 0.05) is 22.7 Å². The zero-order chi connectivity index (χ0) is 30.1. The Hall–Kier alpha value is -4.56. The number of hydrogen-bond donors (Lipinski definition) is 1. The maximum Gasteiger partial charge on any atom is 0.347 e. The Bertz CT molecular complexity index is 1710. The van der Waals surface area contributed by atoms with E-state index in [0.29, 0.717) is 30.4 Å². The highest BCUT2D eigenvalue weighted by molar-refractivity contribution is 7.15. The van der Waals surface area contributed by atoms with Gasteiger partial charge in [-0.25, -0.2) is 9.78 Å². The van der Waals surface area contributed by atoms with E-state index in [1.165, 1.54) is 0 Å². The molecule has 0 saturated heterocycles. The lowest BCUT2D eigenvalue weighted by molar-refractivity contribution is -0.157. The Morgan fingerprint density at radius 2 is 1.81 bits per heavy atom. The van der Waals surface area contributed by atoms with Gasteiger partial charge in [0.05, 0.1) is 24.8 Å². The number of hydrogen-bond acceptors (Lipinski definition) is 7. The Labute approximate surface area is 255 Å². The summed E-state index contributed by atoms with van der Waals surface area (Å²) in [5.74, 6) is 0.865. The van der Waals surface area contributed by atoms with Crippen LogP contribution in [0.5, 0.6) is 11.5 Å². The van der Waals surface area contributed by atoms with Crippen LogP contribution < -0.4 is 14.4 Å². The number of para-hydroxylation sites is 1. The molecule has 0 radical (unpaired) electrons. The summed E-state index contributed by atoms with van der Waals surface area (Å²) in [6.45, 7) is 6.20. The third-order valence-electron chi connectivity index (χ3n) is 7.90. The zero-order valence-electron chi connectivity index (χ0n) is 24.6. The van der Waals surface area contributed by atoms with E-state index in [4.69, 9.17) is 19.2 Å². The quantitative estimate of drug-likeness (QED) is 0.203. The Kier molecular flexibility index (Phi) is 7.71. The monoisotopic (exact) mass is 594 g/mol. The number of anilines is 1. The summed E-state index contributed by atoms with van der Waals surface area (Å²) in [7, 11) is 1.65. The zero-order valence-corrected chi connectivity index (χ0v) is 25.4. The van der Waals surface area contributed by atoms with E-state index in [0.717, 1.165) is 38.0 Å². The van der Waals surface area contributed by atoms with Crippen LogP contribution in [0.2, 0.25) is 0 Å². The van der Waals surface area contributed by atoms with Crippen molar-refractivity contribution in [3.8, 4) is 22.1 Å². The SMILES string of the molecule is COc1cc(CN2c3ccccc3C3C(OC(C)(C)C(=O)O)=CC=CC32)ccc1OCc1nc(-c2ccccc2)sc1C. The molecule has 1 N–H and O–H groups in total. The van der Waals surface area contributed by atoms with E-state index < -0.39 is 11.6 Å². The van der Waals surface area contributed by atoms with Crippen LogP contribution in [0.25, 0.3) is 10.6 Å². The molecule has 1 aliphatic heterocycles. The van der Waals surface area contributed by atoms with Gasteiger partial charge in [-0.2, -0.15) is 0 Å². The van der Waals surface area contributed by atoms with Gasteiger partial charge >= 0.3 is 5.97 Å². The normalized spacial score (nSPS) is 17.2. The molecular formula is C35H34N2O5S. The number of ether oxygens (including phenoxy) is 3. The van der Waals surface area contributed by atoms with E-state index in [1.807, 2.05) is 54.6 Å². The number of methoxy groups -OCH3 is 1. The topological polar surface area (TPSA) is 81.1 Å². The minimum atomic E-state index is -1.34. The number of carbonyl (C=O) groups is 1. The van der Waals surface area contributed by atoms with E-state index in [-0.39, 0.29) is 12.0 Å². The molecule has 220 valence electrons. The highest BCUT2D eigenvalue weighted by Crippen LogP contribution is 2.48. The number of aliphatic carboxylic acids is 1. The van der Waals surface area contributed by atoms with Crippen molar-refractivity contribution in [2.45, 2.75) is 51.5 Å². The van der Waals surface area contributed by atoms with Crippen molar-refractivity contribution in [1.82, 2.24) is 4.98 Å². The third-order valence-corrected chi connectivity index (χ3v) is 8.97. The average molecular weight is 595 g/mol. The van der Waals surface area contributed by atoms with Crippen molar-refractivity contribution in [1.29, 1.82) is 0 Å². The summed E-state index contributed by atoms with van der Waals surface area (Å²) in [5, 5.41) is 10.7. The third kappa shape index (κ3) is 5.62. The number of nitrogens with zero attached hydrogens (tertiary/aromatic N) is 2. The second kappa shape index (κ2) is 11.6. The lowest BCUT2D eigenvalue weighted by Gasteiger charge is -2.33. The molecule has 1 aromatic heterocycles. The smallest absolute Gasteiger partial charge is 0.347 e. The number of benzene rings is 3. The fraction of sp³-hybridized carbons (Fsp3) is 0.257. The lowest BCUT2D eigenvalue weighted by Crippen LogP contribution is -2.38.